The van der Waals surface area contributed by atoms with Crippen LogP contribution in [0.4, 0.5) is 5.69 Å². The topological polar surface area (TPSA) is 75.3 Å². The second-order valence-corrected chi connectivity index (χ2v) is 6.99. The number of hydrogen-bond donors (Lipinski definition) is 2. The van der Waals surface area contributed by atoms with Crippen LogP contribution in [0.2, 0.25) is 5.02 Å². The van der Waals surface area contributed by atoms with Gasteiger partial charge in [0.1, 0.15) is 0 Å². The fourth-order valence-corrected chi connectivity index (χ4v) is 3.39. The molecule has 2 aromatic rings. The van der Waals surface area contributed by atoms with Gasteiger partial charge in [0.25, 0.3) is 15.9 Å². The van der Waals surface area contributed by atoms with Crippen molar-refractivity contribution >= 4 is 33.2 Å². The molecule has 0 aliphatic heterocycles. The van der Waals surface area contributed by atoms with E-state index in [1.165, 1.54) is 31.3 Å². The SMILES string of the molecule is CCc1cccc(S(=O)(=O)Nc2ccc(Cl)cc2C(=O)NC)c1. The van der Waals surface area contributed by atoms with Gasteiger partial charge < -0.3 is 5.32 Å². The number of nitrogens with one attached hydrogen (secondary N) is 2. The largest absolute Gasteiger partial charge is 0.355 e. The Balaban J connectivity index is 2.43. The highest BCUT2D eigenvalue weighted by Gasteiger charge is 2.19. The normalized spacial score (nSPS) is 11.1. The summed E-state index contributed by atoms with van der Waals surface area (Å²) >= 11 is 5.89. The summed E-state index contributed by atoms with van der Waals surface area (Å²) < 4.78 is 27.5. The quantitative estimate of drug-likeness (QED) is 0.868. The van der Waals surface area contributed by atoms with Crippen molar-refractivity contribution < 1.29 is 13.2 Å². The van der Waals surface area contributed by atoms with E-state index in [-0.39, 0.29) is 16.1 Å². The summed E-state index contributed by atoms with van der Waals surface area (Å²) in [6.07, 6.45) is 0.730. The smallest absolute Gasteiger partial charge is 0.261 e. The van der Waals surface area contributed by atoms with Gasteiger partial charge in [-0.3, -0.25) is 9.52 Å². The minimum absolute atomic E-state index is 0.148. The predicted octanol–water partition coefficient (Wildman–Crippen LogP) is 3.06. The lowest BCUT2D eigenvalue weighted by molar-refractivity contribution is 0.0964. The first-order chi connectivity index (χ1) is 10.9. The molecule has 5 nitrogen and oxygen atoms in total. The van der Waals surface area contributed by atoms with Crippen molar-refractivity contribution in [1.82, 2.24) is 5.32 Å². The molecule has 0 saturated heterocycles. The molecular weight excluding hydrogens is 336 g/mol. The van der Waals surface area contributed by atoms with Gasteiger partial charge in [0.15, 0.2) is 0 Å². The molecule has 0 saturated carbocycles. The molecule has 2 N–H and O–H groups in total. The zero-order valence-corrected chi connectivity index (χ0v) is 14.3. The van der Waals surface area contributed by atoms with Crippen LogP contribution < -0.4 is 10.0 Å². The summed E-state index contributed by atoms with van der Waals surface area (Å²) in [6.45, 7) is 1.95. The van der Waals surface area contributed by atoms with Crippen LogP contribution in [0.3, 0.4) is 0 Å². The van der Waals surface area contributed by atoms with Crippen LogP contribution >= 0.6 is 11.6 Å². The van der Waals surface area contributed by atoms with E-state index < -0.39 is 15.9 Å². The van der Waals surface area contributed by atoms with Crippen molar-refractivity contribution in [2.45, 2.75) is 18.2 Å². The molecule has 0 heterocycles. The maximum Gasteiger partial charge on any atom is 0.261 e. The Labute approximate surface area is 140 Å². The van der Waals surface area contributed by atoms with Crippen LogP contribution in [0, 0.1) is 0 Å². The highest BCUT2D eigenvalue weighted by Crippen LogP contribution is 2.24. The van der Waals surface area contributed by atoms with Gasteiger partial charge in [0.2, 0.25) is 0 Å². The fourth-order valence-electron chi connectivity index (χ4n) is 2.06. The molecule has 1 amide bonds. The van der Waals surface area contributed by atoms with E-state index in [9.17, 15) is 13.2 Å². The number of sulfonamides is 1. The van der Waals surface area contributed by atoms with Gasteiger partial charge in [-0.1, -0.05) is 30.7 Å². The number of benzene rings is 2. The van der Waals surface area contributed by atoms with E-state index in [0.29, 0.717) is 5.02 Å². The molecule has 122 valence electrons. The van der Waals surface area contributed by atoms with E-state index >= 15 is 0 Å². The molecular formula is C16H17ClN2O3S. The van der Waals surface area contributed by atoms with Gasteiger partial charge in [0.05, 0.1) is 16.1 Å². The second-order valence-electron chi connectivity index (χ2n) is 4.88. The fraction of sp³-hybridized carbons (Fsp3) is 0.188. The Morgan fingerprint density at radius 2 is 1.91 bits per heavy atom. The number of carbonyl (C=O) groups is 1. The number of amides is 1. The van der Waals surface area contributed by atoms with E-state index in [1.807, 2.05) is 13.0 Å². The molecule has 0 bridgehead atoms. The minimum Gasteiger partial charge on any atom is -0.355 e. The van der Waals surface area contributed by atoms with Crippen molar-refractivity contribution in [3.05, 3.63) is 58.6 Å². The summed E-state index contributed by atoms with van der Waals surface area (Å²) in [5.41, 5.74) is 1.25. The highest BCUT2D eigenvalue weighted by atomic mass is 35.5. The van der Waals surface area contributed by atoms with Crippen molar-refractivity contribution in [1.29, 1.82) is 0 Å². The Morgan fingerprint density at radius 1 is 1.17 bits per heavy atom. The molecule has 2 rings (SSSR count). The molecule has 7 heteroatoms. The number of anilines is 1. The van der Waals surface area contributed by atoms with Gasteiger partial charge in [-0.2, -0.15) is 0 Å². The molecule has 0 spiro atoms. The van der Waals surface area contributed by atoms with Crippen LogP contribution in [0.25, 0.3) is 0 Å². The van der Waals surface area contributed by atoms with Gasteiger partial charge in [-0.05, 0) is 42.3 Å². The third-order valence-corrected chi connectivity index (χ3v) is 4.91. The first kappa shape index (κ1) is 17.3. The van der Waals surface area contributed by atoms with Crippen LogP contribution in [0.15, 0.2) is 47.4 Å². The van der Waals surface area contributed by atoms with E-state index in [4.69, 9.17) is 11.6 Å². The Kier molecular flexibility index (Phi) is 5.28. The van der Waals surface area contributed by atoms with Gasteiger partial charge in [0, 0.05) is 12.1 Å². The Morgan fingerprint density at radius 3 is 2.57 bits per heavy atom. The molecule has 0 fully saturated rings. The number of halogens is 1. The van der Waals surface area contributed by atoms with Crippen molar-refractivity contribution in [2.75, 3.05) is 11.8 Å². The standard InChI is InChI=1S/C16H17ClN2O3S/c1-3-11-5-4-6-13(9-11)23(21,22)19-15-8-7-12(17)10-14(15)16(20)18-2/h4-10,19H,3H2,1-2H3,(H,18,20). The zero-order chi connectivity index (χ0) is 17.0. The van der Waals surface area contributed by atoms with E-state index in [1.54, 1.807) is 12.1 Å². The lowest BCUT2D eigenvalue weighted by Crippen LogP contribution is -2.21. The summed E-state index contributed by atoms with van der Waals surface area (Å²) in [5, 5.41) is 2.81. The molecule has 0 aliphatic rings. The first-order valence-corrected chi connectivity index (χ1v) is 8.87. The average Bonchev–Trinajstić information content (AvgIpc) is 2.55. The molecule has 0 aromatic heterocycles. The lowest BCUT2D eigenvalue weighted by atomic mass is 10.2. The van der Waals surface area contributed by atoms with Crippen molar-refractivity contribution in [3.8, 4) is 0 Å². The highest BCUT2D eigenvalue weighted by molar-refractivity contribution is 7.92. The van der Waals surface area contributed by atoms with Gasteiger partial charge >= 0.3 is 0 Å². The van der Waals surface area contributed by atoms with E-state index in [0.717, 1.165) is 12.0 Å². The van der Waals surface area contributed by atoms with Crippen LogP contribution in [-0.4, -0.2) is 21.4 Å². The zero-order valence-electron chi connectivity index (χ0n) is 12.8. The second kappa shape index (κ2) is 7.02. The summed E-state index contributed by atoms with van der Waals surface area (Å²) in [7, 11) is -2.33. The first-order valence-electron chi connectivity index (χ1n) is 7.00. The predicted molar refractivity (Wildman–Crippen MR) is 91.5 cm³/mol. The summed E-state index contributed by atoms with van der Waals surface area (Å²) in [6, 6.07) is 11.1. The number of aryl methyl sites for hydroxylation is 1. The third kappa shape index (κ3) is 4.03. The monoisotopic (exact) mass is 352 g/mol. The summed E-state index contributed by atoms with van der Waals surface area (Å²) in [4.78, 5) is 12.1. The summed E-state index contributed by atoms with van der Waals surface area (Å²) in [5.74, 6) is -0.424. The van der Waals surface area contributed by atoms with Crippen molar-refractivity contribution in [3.63, 3.8) is 0 Å². The maximum atomic E-state index is 12.5. The molecule has 0 aliphatic carbocycles. The van der Waals surface area contributed by atoms with Gasteiger partial charge in [-0.15, -0.1) is 0 Å². The third-order valence-electron chi connectivity index (χ3n) is 3.31. The maximum absolute atomic E-state index is 12.5. The van der Waals surface area contributed by atoms with Crippen molar-refractivity contribution in [2.24, 2.45) is 0 Å². The van der Waals surface area contributed by atoms with Gasteiger partial charge in [-0.25, -0.2) is 8.42 Å². The molecule has 0 atom stereocenters. The Bertz CT molecular complexity index is 835. The molecule has 0 radical (unpaired) electrons. The van der Waals surface area contributed by atoms with Crippen LogP contribution in [0.5, 0.6) is 0 Å². The minimum atomic E-state index is -3.80. The Hall–Kier alpha value is -2.05. The number of carbonyl (C=O) groups excluding carboxylic acids is 1. The van der Waals surface area contributed by atoms with Crippen LogP contribution in [-0.2, 0) is 16.4 Å². The van der Waals surface area contributed by atoms with Crippen LogP contribution in [0.1, 0.15) is 22.8 Å². The van der Waals surface area contributed by atoms with E-state index in [2.05, 4.69) is 10.0 Å². The molecule has 0 unspecified atom stereocenters. The molecule has 23 heavy (non-hydrogen) atoms. The lowest BCUT2D eigenvalue weighted by Gasteiger charge is -2.13. The number of hydrogen-bond acceptors (Lipinski definition) is 3. The molecule has 2 aromatic carbocycles. The average molecular weight is 353 g/mol. The number of rotatable bonds is 5.